The summed E-state index contributed by atoms with van der Waals surface area (Å²) in [5, 5.41) is 0.270. The Hall–Kier alpha value is -2.53. The summed E-state index contributed by atoms with van der Waals surface area (Å²) in [4.78, 5) is 24.5. The smallest absolute Gasteiger partial charge is 0.310 e. The van der Waals surface area contributed by atoms with E-state index < -0.39 is 0 Å². The van der Waals surface area contributed by atoms with Gasteiger partial charge < -0.3 is 9.47 Å². The minimum Gasteiger partial charge on any atom is -0.461 e. The Labute approximate surface area is 182 Å². The second-order valence-corrected chi connectivity index (χ2v) is 9.92. The van der Waals surface area contributed by atoms with Crippen molar-refractivity contribution >= 4 is 22.8 Å². The van der Waals surface area contributed by atoms with Crippen molar-refractivity contribution in [3.05, 3.63) is 72.3 Å². The van der Waals surface area contributed by atoms with Crippen LogP contribution in [0.15, 0.2) is 66.7 Å². The maximum Gasteiger partial charge on any atom is 0.310 e. The van der Waals surface area contributed by atoms with Crippen LogP contribution in [0.25, 0.3) is 0 Å². The fraction of sp³-hybridized carbons (Fsp3) is 0.360. The highest BCUT2D eigenvalue weighted by atomic mass is 32.2. The molecule has 1 fully saturated rings. The van der Waals surface area contributed by atoms with Crippen molar-refractivity contribution in [1.29, 1.82) is 0 Å². The average molecular weight is 425 g/mol. The van der Waals surface area contributed by atoms with Crippen molar-refractivity contribution < 1.29 is 19.1 Å². The van der Waals surface area contributed by atoms with Crippen molar-refractivity contribution in [2.45, 2.75) is 39.6 Å². The molecular weight excluding hydrogens is 396 g/mol. The van der Waals surface area contributed by atoms with E-state index in [1.165, 1.54) is 11.8 Å². The Morgan fingerprint density at radius 2 is 1.77 bits per heavy atom. The number of esters is 1. The van der Waals surface area contributed by atoms with Crippen LogP contribution in [0.2, 0.25) is 0 Å². The van der Waals surface area contributed by atoms with Gasteiger partial charge in [-0.1, -0.05) is 75.9 Å². The summed E-state index contributed by atoms with van der Waals surface area (Å²) in [5.74, 6) is 1.02. The summed E-state index contributed by atoms with van der Waals surface area (Å²) in [7, 11) is 0. The zero-order valence-corrected chi connectivity index (χ0v) is 18.6. The lowest BCUT2D eigenvalue weighted by Gasteiger charge is -2.09. The lowest BCUT2D eigenvalue weighted by atomic mass is 10.1. The molecule has 1 aliphatic carbocycles. The number of ether oxygens (including phenoxy) is 2. The molecule has 0 saturated heterocycles. The summed E-state index contributed by atoms with van der Waals surface area (Å²) >= 11 is 1.29. The van der Waals surface area contributed by atoms with E-state index >= 15 is 0 Å². The van der Waals surface area contributed by atoms with Crippen LogP contribution in [0, 0.1) is 17.3 Å². The maximum atomic E-state index is 12.6. The van der Waals surface area contributed by atoms with Gasteiger partial charge in [-0.2, -0.15) is 0 Å². The van der Waals surface area contributed by atoms with E-state index in [0.29, 0.717) is 5.75 Å². The monoisotopic (exact) mass is 424 g/mol. The number of carbonyl (C=O) groups is 2. The molecule has 0 aromatic heterocycles. The van der Waals surface area contributed by atoms with Crippen molar-refractivity contribution in [3.63, 3.8) is 0 Å². The van der Waals surface area contributed by atoms with Crippen LogP contribution in [-0.4, -0.2) is 16.3 Å². The van der Waals surface area contributed by atoms with Crippen molar-refractivity contribution in [2.75, 3.05) is 0 Å². The Morgan fingerprint density at radius 3 is 2.47 bits per heavy atom. The molecule has 158 valence electrons. The average Bonchev–Trinajstić information content (AvgIpc) is 3.25. The lowest BCUT2D eigenvalue weighted by Crippen LogP contribution is -2.10. The number of hydrogen-bond acceptors (Lipinski definition) is 5. The number of benzene rings is 2. The second kappa shape index (κ2) is 9.52. The predicted octanol–water partition coefficient (Wildman–Crippen LogP) is 6.02. The topological polar surface area (TPSA) is 52.6 Å². The third-order valence-corrected chi connectivity index (χ3v) is 6.05. The molecule has 0 amide bonds. The number of rotatable bonds is 8. The third kappa shape index (κ3) is 5.76. The standard InChI is InChI=1S/C25H28O4S/c1-17(2)30-22(26)14-13-21-23(25(21,3)4)24(27)28-16-18-9-8-12-20(15-18)29-19-10-6-5-7-11-19/h5-15,17,21,23H,16H2,1-4H3/t21-,23-/m0/s1. The van der Waals surface area contributed by atoms with Gasteiger partial charge in [0, 0.05) is 5.25 Å². The van der Waals surface area contributed by atoms with Gasteiger partial charge in [-0.3, -0.25) is 9.59 Å². The van der Waals surface area contributed by atoms with Crippen LogP contribution >= 0.6 is 11.8 Å². The Kier molecular flexibility index (Phi) is 7.03. The molecule has 1 saturated carbocycles. The first-order valence-corrected chi connectivity index (χ1v) is 11.0. The van der Waals surface area contributed by atoms with Crippen LogP contribution in [-0.2, 0) is 20.9 Å². The molecule has 2 aromatic carbocycles. The first-order valence-electron chi connectivity index (χ1n) is 10.1. The van der Waals surface area contributed by atoms with E-state index in [1.807, 2.05) is 88.4 Å². The Morgan fingerprint density at radius 1 is 1.07 bits per heavy atom. The molecule has 30 heavy (non-hydrogen) atoms. The number of para-hydroxylation sites is 1. The fourth-order valence-electron chi connectivity index (χ4n) is 3.51. The highest BCUT2D eigenvalue weighted by Crippen LogP contribution is 2.59. The largest absolute Gasteiger partial charge is 0.461 e. The van der Waals surface area contributed by atoms with E-state index in [9.17, 15) is 9.59 Å². The Balaban J connectivity index is 1.55. The fourth-order valence-corrected chi connectivity index (χ4v) is 4.13. The minimum atomic E-state index is -0.229. The molecule has 0 heterocycles. The number of thioether (sulfide) groups is 1. The first-order chi connectivity index (χ1) is 14.3. The summed E-state index contributed by atoms with van der Waals surface area (Å²) in [5.41, 5.74) is 0.667. The predicted molar refractivity (Wildman–Crippen MR) is 120 cm³/mol. The van der Waals surface area contributed by atoms with Crippen molar-refractivity contribution in [1.82, 2.24) is 0 Å². The van der Waals surface area contributed by atoms with E-state index in [0.717, 1.165) is 11.3 Å². The van der Waals surface area contributed by atoms with Gasteiger partial charge in [0.15, 0.2) is 0 Å². The number of carbonyl (C=O) groups excluding carboxylic acids is 2. The molecule has 0 radical (unpaired) electrons. The maximum absolute atomic E-state index is 12.6. The second-order valence-electron chi connectivity index (χ2n) is 8.34. The zero-order valence-electron chi connectivity index (χ0n) is 17.8. The van der Waals surface area contributed by atoms with Gasteiger partial charge in [0.25, 0.3) is 0 Å². The van der Waals surface area contributed by atoms with Gasteiger partial charge in [0.1, 0.15) is 18.1 Å². The van der Waals surface area contributed by atoms with Gasteiger partial charge in [-0.25, -0.2) is 0 Å². The van der Waals surface area contributed by atoms with Crippen LogP contribution in [0.3, 0.4) is 0 Å². The summed E-state index contributed by atoms with van der Waals surface area (Å²) in [6.45, 7) is 8.22. The van der Waals surface area contributed by atoms with Gasteiger partial charge in [-0.05, 0) is 47.2 Å². The molecule has 2 aromatic rings. The lowest BCUT2D eigenvalue weighted by molar-refractivity contribution is -0.147. The summed E-state index contributed by atoms with van der Waals surface area (Å²) < 4.78 is 11.4. The van der Waals surface area contributed by atoms with Crippen LogP contribution in [0.5, 0.6) is 11.5 Å². The molecule has 0 N–H and O–H groups in total. The molecule has 0 aliphatic heterocycles. The van der Waals surface area contributed by atoms with E-state index in [2.05, 4.69) is 0 Å². The van der Waals surface area contributed by atoms with Gasteiger partial charge in [0.2, 0.25) is 5.12 Å². The van der Waals surface area contributed by atoms with Gasteiger partial charge in [-0.15, -0.1) is 0 Å². The molecule has 3 rings (SSSR count). The van der Waals surface area contributed by atoms with Crippen molar-refractivity contribution in [2.24, 2.45) is 17.3 Å². The normalized spacial score (nSPS) is 19.6. The summed E-state index contributed by atoms with van der Waals surface area (Å²) in [6, 6.07) is 17.1. The number of hydrogen-bond donors (Lipinski definition) is 0. The molecule has 5 heteroatoms. The summed E-state index contributed by atoms with van der Waals surface area (Å²) in [6.07, 6.45) is 3.45. The molecule has 0 unspecified atom stereocenters. The molecule has 1 aliphatic rings. The molecule has 2 atom stereocenters. The quantitative estimate of drug-likeness (QED) is 0.383. The Bertz CT molecular complexity index is 918. The van der Waals surface area contributed by atoms with Crippen LogP contribution in [0.1, 0.15) is 33.3 Å². The third-order valence-electron chi connectivity index (χ3n) is 5.21. The van der Waals surface area contributed by atoms with E-state index in [-0.39, 0.29) is 40.2 Å². The minimum absolute atomic E-state index is 0.0226. The molecule has 4 nitrogen and oxygen atoms in total. The highest BCUT2D eigenvalue weighted by molar-refractivity contribution is 8.14. The zero-order chi connectivity index (χ0) is 21.7. The van der Waals surface area contributed by atoms with Crippen molar-refractivity contribution in [3.8, 4) is 11.5 Å². The molecular formula is C25H28O4S. The van der Waals surface area contributed by atoms with Crippen LogP contribution in [0.4, 0.5) is 0 Å². The molecule has 0 bridgehead atoms. The van der Waals surface area contributed by atoms with Gasteiger partial charge in [0.05, 0.1) is 5.92 Å². The van der Waals surface area contributed by atoms with Crippen LogP contribution < -0.4 is 4.74 Å². The number of allylic oxidation sites excluding steroid dienone is 1. The van der Waals surface area contributed by atoms with E-state index in [1.54, 1.807) is 6.08 Å². The van der Waals surface area contributed by atoms with Gasteiger partial charge >= 0.3 is 5.97 Å². The SMILES string of the molecule is CC(C)SC(=O)C=C[C@H]1[C@@H](C(=O)OCc2cccc(Oc3ccccc3)c2)C1(C)C. The first kappa shape index (κ1) is 22.2. The van der Waals surface area contributed by atoms with E-state index in [4.69, 9.17) is 9.47 Å². The molecule has 0 spiro atoms. The highest BCUT2D eigenvalue weighted by Gasteiger charge is 2.61.